The highest BCUT2D eigenvalue weighted by molar-refractivity contribution is 9.10. The quantitative estimate of drug-likeness (QED) is 0.767. The van der Waals surface area contributed by atoms with E-state index in [0.717, 1.165) is 0 Å². The van der Waals surface area contributed by atoms with E-state index in [1.165, 1.54) is 24.3 Å². The first kappa shape index (κ1) is 15.4. The summed E-state index contributed by atoms with van der Waals surface area (Å²) < 4.78 is 27.4. The summed E-state index contributed by atoms with van der Waals surface area (Å²) in [5.41, 5.74) is 6.23. The van der Waals surface area contributed by atoms with E-state index in [2.05, 4.69) is 20.7 Å². The Morgan fingerprint density at radius 2 is 1.65 bits per heavy atom. The van der Waals surface area contributed by atoms with Crippen molar-refractivity contribution < 1.29 is 8.42 Å². The molecular weight excluding hydrogens is 387 g/mol. The van der Waals surface area contributed by atoms with Gasteiger partial charge in [-0.25, -0.2) is 8.42 Å². The lowest BCUT2D eigenvalue weighted by molar-refractivity contribution is 0.601. The van der Waals surface area contributed by atoms with Gasteiger partial charge in [0.25, 0.3) is 10.0 Å². The standard InChI is InChI=1S/C12H9BrCl2N2O2S/c13-11-2-1-9(16)6-12(11)20(18,19)17-10-4-7(14)3-8(15)5-10/h1-6,17H,16H2. The summed E-state index contributed by atoms with van der Waals surface area (Å²) >= 11 is 14.8. The molecule has 8 heteroatoms. The molecule has 0 aliphatic heterocycles. The number of nitrogens with one attached hydrogen (secondary N) is 1. The van der Waals surface area contributed by atoms with Crippen LogP contribution < -0.4 is 10.5 Å². The van der Waals surface area contributed by atoms with Crippen LogP contribution >= 0.6 is 39.1 Å². The molecule has 0 amide bonds. The van der Waals surface area contributed by atoms with Crippen molar-refractivity contribution in [2.75, 3.05) is 10.5 Å². The lowest BCUT2D eigenvalue weighted by Crippen LogP contribution is -2.14. The molecule has 2 rings (SSSR count). The van der Waals surface area contributed by atoms with Crippen molar-refractivity contribution in [2.45, 2.75) is 4.90 Å². The topological polar surface area (TPSA) is 72.2 Å². The molecule has 0 aliphatic rings. The molecule has 0 spiro atoms. The Balaban J connectivity index is 2.43. The van der Waals surface area contributed by atoms with E-state index in [-0.39, 0.29) is 10.6 Å². The molecule has 20 heavy (non-hydrogen) atoms. The van der Waals surface area contributed by atoms with E-state index >= 15 is 0 Å². The first-order chi connectivity index (χ1) is 9.28. The second kappa shape index (κ2) is 5.81. The molecule has 0 heterocycles. The fraction of sp³-hybridized carbons (Fsp3) is 0. The van der Waals surface area contributed by atoms with Crippen molar-refractivity contribution in [1.29, 1.82) is 0 Å². The third-order valence-electron chi connectivity index (χ3n) is 2.36. The minimum absolute atomic E-state index is 0.0357. The van der Waals surface area contributed by atoms with Gasteiger partial charge in [-0.3, -0.25) is 4.72 Å². The van der Waals surface area contributed by atoms with Crippen LogP contribution in [0.4, 0.5) is 11.4 Å². The van der Waals surface area contributed by atoms with Crippen molar-refractivity contribution in [1.82, 2.24) is 0 Å². The fourth-order valence-electron chi connectivity index (χ4n) is 1.55. The van der Waals surface area contributed by atoms with Gasteiger partial charge in [-0.15, -0.1) is 0 Å². The number of hydrogen-bond acceptors (Lipinski definition) is 3. The lowest BCUT2D eigenvalue weighted by atomic mass is 10.3. The van der Waals surface area contributed by atoms with Gasteiger partial charge in [0.05, 0.1) is 5.69 Å². The number of nitrogens with two attached hydrogens (primary N) is 1. The van der Waals surface area contributed by atoms with Gasteiger partial charge in [-0.2, -0.15) is 0 Å². The number of halogens is 3. The van der Waals surface area contributed by atoms with Gasteiger partial charge >= 0.3 is 0 Å². The van der Waals surface area contributed by atoms with Gasteiger partial charge in [0.1, 0.15) is 4.90 Å². The molecular formula is C12H9BrCl2N2O2S. The maximum absolute atomic E-state index is 12.3. The van der Waals surface area contributed by atoms with Crippen LogP contribution in [0.3, 0.4) is 0 Å². The van der Waals surface area contributed by atoms with Crippen LogP contribution in [0, 0.1) is 0 Å². The molecule has 0 saturated carbocycles. The zero-order valence-corrected chi connectivity index (χ0v) is 13.8. The third-order valence-corrected chi connectivity index (χ3v) is 5.17. The first-order valence-electron chi connectivity index (χ1n) is 5.32. The predicted molar refractivity (Wildman–Crippen MR) is 85.8 cm³/mol. The monoisotopic (exact) mass is 394 g/mol. The summed E-state index contributed by atoms with van der Waals surface area (Å²) in [6.07, 6.45) is 0. The number of anilines is 2. The molecule has 0 fully saturated rings. The van der Waals surface area contributed by atoms with Crippen LogP contribution in [-0.2, 0) is 10.0 Å². The molecule has 0 atom stereocenters. The van der Waals surface area contributed by atoms with Crippen molar-refractivity contribution in [3.8, 4) is 0 Å². The summed E-state index contributed by atoms with van der Waals surface area (Å²) in [5, 5.41) is 0.670. The van der Waals surface area contributed by atoms with Crippen LogP contribution in [0.15, 0.2) is 45.8 Å². The molecule has 0 unspecified atom stereocenters. The Labute approximate surface area is 135 Å². The molecule has 0 saturated heterocycles. The average molecular weight is 396 g/mol. The fourth-order valence-corrected chi connectivity index (χ4v) is 4.11. The third kappa shape index (κ3) is 3.58. The molecule has 2 aromatic rings. The van der Waals surface area contributed by atoms with E-state index in [1.807, 2.05) is 0 Å². The molecule has 106 valence electrons. The normalized spacial score (nSPS) is 11.3. The molecule has 3 N–H and O–H groups in total. The van der Waals surface area contributed by atoms with Crippen molar-refractivity contribution in [3.63, 3.8) is 0 Å². The van der Waals surface area contributed by atoms with Gasteiger partial charge in [0.2, 0.25) is 0 Å². The Kier molecular flexibility index (Phi) is 4.49. The minimum Gasteiger partial charge on any atom is -0.399 e. The maximum Gasteiger partial charge on any atom is 0.263 e. The van der Waals surface area contributed by atoms with Crippen LogP contribution in [0.25, 0.3) is 0 Å². The second-order valence-electron chi connectivity index (χ2n) is 3.95. The highest BCUT2D eigenvalue weighted by Gasteiger charge is 2.18. The highest BCUT2D eigenvalue weighted by atomic mass is 79.9. The van der Waals surface area contributed by atoms with Gasteiger partial charge in [-0.1, -0.05) is 23.2 Å². The number of rotatable bonds is 3. The SMILES string of the molecule is Nc1ccc(Br)c(S(=O)(=O)Nc2cc(Cl)cc(Cl)c2)c1. The Bertz CT molecular complexity index is 746. The molecule has 0 radical (unpaired) electrons. The number of nitrogen functional groups attached to an aromatic ring is 1. The smallest absolute Gasteiger partial charge is 0.263 e. The molecule has 0 aromatic heterocycles. The van der Waals surface area contributed by atoms with E-state index in [4.69, 9.17) is 28.9 Å². The molecule has 4 nitrogen and oxygen atoms in total. The lowest BCUT2D eigenvalue weighted by Gasteiger charge is -2.11. The Hall–Kier alpha value is -0.950. The van der Waals surface area contributed by atoms with Gasteiger partial charge < -0.3 is 5.73 Å². The summed E-state index contributed by atoms with van der Waals surface area (Å²) in [5.74, 6) is 0. The average Bonchev–Trinajstić information content (AvgIpc) is 2.30. The second-order valence-corrected chi connectivity index (χ2v) is 7.33. The number of sulfonamides is 1. The van der Waals surface area contributed by atoms with E-state index in [1.54, 1.807) is 12.1 Å². The first-order valence-corrected chi connectivity index (χ1v) is 8.35. The summed E-state index contributed by atoms with van der Waals surface area (Å²) in [6.45, 7) is 0. The largest absolute Gasteiger partial charge is 0.399 e. The van der Waals surface area contributed by atoms with E-state index in [9.17, 15) is 8.42 Å². The van der Waals surface area contributed by atoms with Crippen molar-refractivity contribution in [3.05, 3.63) is 50.9 Å². The van der Waals surface area contributed by atoms with E-state index in [0.29, 0.717) is 20.2 Å². The Morgan fingerprint density at radius 3 is 2.25 bits per heavy atom. The summed E-state index contributed by atoms with van der Waals surface area (Å²) in [7, 11) is -3.79. The van der Waals surface area contributed by atoms with Gasteiger partial charge in [0, 0.05) is 20.2 Å². The Morgan fingerprint density at radius 1 is 1.05 bits per heavy atom. The number of hydrogen-bond donors (Lipinski definition) is 2. The zero-order valence-electron chi connectivity index (χ0n) is 9.90. The maximum atomic E-state index is 12.3. The van der Waals surface area contributed by atoms with Crippen LogP contribution in [-0.4, -0.2) is 8.42 Å². The van der Waals surface area contributed by atoms with Crippen molar-refractivity contribution in [2.24, 2.45) is 0 Å². The molecule has 0 bridgehead atoms. The van der Waals surface area contributed by atoms with Crippen LogP contribution in [0.5, 0.6) is 0 Å². The highest BCUT2D eigenvalue weighted by Crippen LogP contribution is 2.28. The predicted octanol–water partition coefficient (Wildman–Crippen LogP) is 4.14. The summed E-state index contributed by atoms with van der Waals surface area (Å²) in [4.78, 5) is 0.0357. The van der Waals surface area contributed by atoms with Crippen molar-refractivity contribution >= 4 is 60.5 Å². The van der Waals surface area contributed by atoms with Gasteiger partial charge in [-0.05, 0) is 52.3 Å². The van der Waals surface area contributed by atoms with Crippen LogP contribution in [0.2, 0.25) is 10.0 Å². The molecule has 0 aliphatic carbocycles. The van der Waals surface area contributed by atoms with Crippen LogP contribution in [0.1, 0.15) is 0 Å². The minimum atomic E-state index is -3.79. The zero-order chi connectivity index (χ0) is 14.9. The molecule has 2 aromatic carbocycles. The number of benzene rings is 2. The van der Waals surface area contributed by atoms with Gasteiger partial charge in [0.15, 0.2) is 0 Å². The van der Waals surface area contributed by atoms with E-state index < -0.39 is 10.0 Å². The summed E-state index contributed by atoms with van der Waals surface area (Å²) in [6, 6.07) is 8.96.